The summed E-state index contributed by atoms with van der Waals surface area (Å²) in [6, 6.07) is 0. The van der Waals surface area contributed by atoms with Crippen LogP contribution in [0.4, 0.5) is 0 Å². The van der Waals surface area contributed by atoms with E-state index in [-0.39, 0.29) is 5.92 Å². The Morgan fingerprint density at radius 2 is 1.90 bits per heavy atom. The summed E-state index contributed by atoms with van der Waals surface area (Å²) in [5, 5.41) is 8.67. The van der Waals surface area contributed by atoms with E-state index >= 15 is 0 Å². The fraction of sp³-hybridized carbons (Fsp3) is 0.875. The van der Waals surface area contributed by atoms with Crippen LogP contribution in [0, 0.1) is 11.8 Å². The van der Waals surface area contributed by atoms with Crippen LogP contribution in [0.15, 0.2) is 0 Å². The number of rotatable bonds is 4. The third kappa shape index (κ3) is 2.38. The van der Waals surface area contributed by atoms with Gasteiger partial charge in [0.15, 0.2) is 0 Å². The number of carbonyl (C=O) groups is 1. The molecule has 0 spiro atoms. The first-order valence-corrected chi connectivity index (χ1v) is 3.86. The van der Waals surface area contributed by atoms with E-state index < -0.39 is 5.97 Å². The van der Waals surface area contributed by atoms with E-state index in [2.05, 4.69) is 0 Å². The first-order valence-electron chi connectivity index (χ1n) is 3.86. The maximum absolute atomic E-state index is 10.5. The highest BCUT2D eigenvalue weighted by molar-refractivity contribution is 5.70. The van der Waals surface area contributed by atoms with Gasteiger partial charge in [0.2, 0.25) is 0 Å². The van der Waals surface area contributed by atoms with E-state index in [1.165, 1.54) is 0 Å². The highest BCUT2D eigenvalue weighted by Gasteiger charge is 2.20. The van der Waals surface area contributed by atoms with Gasteiger partial charge in [-0.15, -0.1) is 0 Å². The van der Waals surface area contributed by atoms with Crippen LogP contribution in [0.2, 0.25) is 0 Å². The number of hydrogen-bond acceptors (Lipinski definition) is 1. The summed E-state index contributed by atoms with van der Waals surface area (Å²) in [5.41, 5.74) is 0. The quantitative estimate of drug-likeness (QED) is 0.656. The average Bonchev–Trinajstić information content (AvgIpc) is 1.88. The van der Waals surface area contributed by atoms with Crippen molar-refractivity contribution in [3.05, 3.63) is 0 Å². The molecule has 0 aromatic heterocycles. The van der Waals surface area contributed by atoms with Crippen molar-refractivity contribution in [1.29, 1.82) is 0 Å². The molecule has 0 fully saturated rings. The van der Waals surface area contributed by atoms with E-state index in [9.17, 15) is 4.79 Å². The SMILES string of the molecule is CC[C@@H](C)[C@@H](CC)C(=O)O. The van der Waals surface area contributed by atoms with Crippen molar-refractivity contribution in [1.82, 2.24) is 0 Å². The van der Waals surface area contributed by atoms with E-state index in [1.807, 2.05) is 20.8 Å². The molecule has 0 aromatic carbocycles. The highest BCUT2D eigenvalue weighted by atomic mass is 16.4. The van der Waals surface area contributed by atoms with Gasteiger partial charge in [0.1, 0.15) is 0 Å². The highest BCUT2D eigenvalue weighted by Crippen LogP contribution is 2.18. The molecule has 0 aliphatic heterocycles. The molecule has 0 aromatic rings. The molecule has 0 amide bonds. The first-order chi connectivity index (χ1) is 4.63. The van der Waals surface area contributed by atoms with Gasteiger partial charge in [-0.25, -0.2) is 0 Å². The molecular formula is C8H16O2. The van der Waals surface area contributed by atoms with Crippen LogP contribution >= 0.6 is 0 Å². The first kappa shape index (κ1) is 9.47. The van der Waals surface area contributed by atoms with E-state index in [0.29, 0.717) is 5.92 Å². The minimum absolute atomic E-state index is 0.148. The second kappa shape index (κ2) is 4.31. The summed E-state index contributed by atoms with van der Waals surface area (Å²) in [6.07, 6.45) is 1.69. The van der Waals surface area contributed by atoms with Crippen molar-refractivity contribution in [2.24, 2.45) is 11.8 Å². The Balaban J connectivity index is 3.92. The lowest BCUT2D eigenvalue weighted by Crippen LogP contribution is -2.19. The summed E-state index contributed by atoms with van der Waals surface area (Å²) in [7, 11) is 0. The largest absolute Gasteiger partial charge is 0.481 e. The van der Waals surface area contributed by atoms with Crippen LogP contribution < -0.4 is 0 Å². The molecule has 0 unspecified atom stereocenters. The molecule has 2 atom stereocenters. The standard InChI is InChI=1S/C8H16O2/c1-4-6(3)7(5-2)8(9)10/h6-7H,4-5H2,1-3H3,(H,9,10)/t6-,7-/m1/s1. The predicted octanol–water partition coefficient (Wildman–Crippen LogP) is 2.14. The third-order valence-corrected chi connectivity index (χ3v) is 2.09. The van der Waals surface area contributed by atoms with Gasteiger partial charge in [0.05, 0.1) is 5.92 Å². The van der Waals surface area contributed by atoms with Gasteiger partial charge in [-0.3, -0.25) is 4.79 Å². The summed E-state index contributed by atoms with van der Waals surface area (Å²) in [5.74, 6) is -0.496. The topological polar surface area (TPSA) is 37.3 Å². The summed E-state index contributed by atoms with van der Waals surface area (Å²) in [4.78, 5) is 10.5. The van der Waals surface area contributed by atoms with Crippen LogP contribution in [0.1, 0.15) is 33.6 Å². The molecule has 1 N–H and O–H groups in total. The zero-order valence-corrected chi connectivity index (χ0v) is 6.92. The zero-order valence-electron chi connectivity index (χ0n) is 6.92. The molecule has 2 heteroatoms. The third-order valence-electron chi connectivity index (χ3n) is 2.09. The van der Waals surface area contributed by atoms with Crippen molar-refractivity contribution in [3.63, 3.8) is 0 Å². The van der Waals surface area contributed by atoms with E-state index in [4.69, 9.17) is 5.11 Å². The van der Waals surface area contributed by atoms with Crippen molar-refractivity contribution >= 4 is 5.97 Å². The second-order valence-electron chi connectivity index (χ2n) is 2.74. The maximum atomic E-state index is 10.5. The molecule has 0 bridgehead atoms. The van der Waals surface area contributed by atoms with Crippen LogP contribution in [-0.2, 0) is 4.79 Å². The minimum Gasteiger partial charge on any atom is -0.481 e. The van der Waals surface area contributed by atoms with E-state index in [1.54, 1.807) is 0 Å². The van der Waals surface area contributed by atoms with Crippen LogP contribution in [0.3, 0.4) is 0 Å². The lowest BCUT2D eigenvalue weighted by atomic mass is 9.90. The molecule has 0 saturated heterocycles. The van der Waals surface area contributed by atoms with Gasteiger partial charge in [-0.1, -0.05) is 27.2 Å². The summed E-state index contributed by atoms with van der Waals surface area (Å²) < 4.78 is 0. The molecule has 2 nitrogen and oxygen atoms in total. The molecular weight excluding hydrogens is 128 g/mol. The van der Waals surface area contributed by atoms with Crippen LogP contribution in [-0.4, -0.2) is 11.1 Å². The molecule has 0 heterocycles. The number of hydrogen-bond donors (Lipinski definition) is 1. The number of aliphatic carboxylic acids is 1. The normalized spacial score (nSPS) is 16.3. The maximum Gasteiger partial charge on any atom is 0.306 e. The van der Waals surface area contributed by atoms with Gasteiger partial charge in [0.25, 0.3) is 0 Å². The van der Waals surface area contributed by atoms with E-state index in [0.717, 1.165) is 12.8 Å². The molecule has 0 rings (SSSR count). The number of carboxylic acids is 1. The minimum atomic E-state index is -0.656. The van der Waals surface area contributed by atoms with Gasteiger partial charge in [0, 0.05) is 0 Å². The Hall–Kier alpha value is -0.530. The van der Waals surface area contributed by atoms with Crippen LogP contribution in [0.5, 0.6) is 0 Å². The Morgan fingerprint density at radius 1 is 1.40 bits per heavy atom. The molecule has 0 saturated carbocycles. The Kier molecular flexibility index (Phi) is 4.08. The van der Waals surface area contributed by atoms with Crippen molar-refractivity contribution < 1.29 is 9.90 Å². The molecule has 60 valence electrons. The monoisotopic (exact) mass is 144 g/mol. The van der Waals surface area contributed by atoms with Gasteiger partial charge >= 0.3 is 5.97 Å². The Labute approximate surface area is 62.2 Å². The lowest BCUT2D eigenvalue weighted by molar-refractivity contribution is -0.143. The zero-order chi connectivity index (χ0) is 8.15. The van der Waals surface area contributed by atoms with Crippen molar-refractivity contribution in [2.45, 2.75) is 33.6 Å². The van der Waals surface area contributed by atoms with Gasteiger partial charge in [-0.2, -0.15) is 0 Å². The second-order valence-corrected chi connectivity index (χ2v) is 2.74. The fourth-order valence-electron chi connectivity index (χ4n) is 1.10. The fourth-order valence-corrected chi connectivity index (χ4v) is 1.10. The smallest absolute Gasteiger partial charge is 0.306 e. The molecule has 0 radical (unpaired) electrons. The van der Waals surface area contributed by atoms with Crippen molar-refractivity contribution in [3.8, 4) is 0 Å². The van der Waals surface area contributed by atoms with Crippen molar-refractivity contribution in [2.75, 3.05) is 0 Å². The molecule has 0 aliphatic carbocycles. The average molecular weight is 144 g/mol. The van der Waals surface area contributed by atoms with Gasteiger partial charge in [-0.05, 0) is 12.3 Å². The summed E-state index contributed by atoms with van der Waals surface area (Å²) >= 11 is 0. The Morgan fingerprint density at radius 3 is 2.00 bits per heavy atom. The number of carboxylic acid groups (broad SMARTS) is 1. The molecule has 10 heavy (non-hydrogen) atoms. The van der Waals surface area contributed by atoms with Gasteiger partial charge < -0.3 is 5.11 Å². The molecule has 0 aliphatic rings. The summed E-state index contributed by atoms with van der Waals surface area (Å²) in [6.45, 7) is 5.93. The Bertz CT molecular complexity index is 110. The van der Waals surface area contributed by atoms with Crippen LogP contribution in [0.25, 0.3) is 0 Å². The predicted molar refractivity (Wildman–Crippen MR) is 40.9 cm³/mol. The lowest BCUT2D eigenvalue weighted by Gasteiger charge is -2.15.